The van der Waals surface area contributed by atoms with Crippen LogP contribution in [0.1, 0.15) is 5.56 Å². The first-order chi connectivity index (χ1) is 7.59. The molecule has 0 aliphatic rings. The normalized spacial score (nSPS) is 10.1. The van der Waals surface area contributed by atoms with E-state index >= 15 is 0 Å². The van der Waals surface area contributed by atoms with Gasteiger partial charge in [-0.1, -0.05) is 18.7 Å². The summed E-state index contributed by atoms with van der Waals surface area (Å²) in [6.45, 7) is 4.22. The quantitative estimate of drug-likeness (QED) is 0.569. The molecule has 0 aliphatic heterocycles. The molecular weight excluding hydrogens is 209 g/mol. The topological polar surface area (TPSA) is 49.3 Å². The molecule has 0 unspecified atom stereocenters. The van der Waals surface area contributed by atoms with Gasteiger partial charge in [0.25, 0.3) is 0 Å². The molecular formula is C12H14FNO2. The van der Waals surface area contributed by atoms with Gasteiger partial charge in [-0.05, 0) is 30.7 Å². The lowest BCUT2D eigenvalue weighted by Crippen LogP contribution is -2.22. The van der Waals surface area contributed by atoms with E-state index in [0.29, 0.717) is 13.0 Å². The number of aliphatic carboxylic acids is 1. The lowest BCUT2D eigenvalue weighted by atomic mass is 10.1. The standard InChI is InChI=1S/C12H14FNO2/c1-9(12(15)16)8-14-6-5-10-3-2-4-11(13)7-10/h2-4,7,14H,1,5-6,8H2,(H,15,16). The van der Waals surface area contributed by atoms with Crippen molar-refractivity contribution in [2.45, 2.75) is 6.42 Å². The molecule has 0 heterocycles. The van der Waals surface area contributed by atoms with Crippen molar-refractivity contribution in [1.29, 1.82) is 0 Å². The third-order valence-electron chi connectivity index (χ3n) is 2.12. The number of benzene rings is 1. The van der Waals surface area contributed by atoms with Crippen molar-refractivity contribution >= 4 is 5.97 Å². The first-order valence-corrected chi connectivity index (χ1v) is 4.96. The molecule has 86 valence electrons. The highest BCUT2D eigenvalue weighted by Gasteiger charge is 2.02. The van der Waals surface area contributed by atoms with Crippen LogP contribution in [0, 0.1) is 5.82 Å². The van der Waals surface area contributed by atoms with Crippen LogP contribution in [-0.2, 0) is 11.2 Å². The number of carboxylic acids is 1. The van der Waals surface area contributed by atoms with Crippen molar-refractivity contribution < 1.29 is 14.3 Å². The lowest BCUT2D eigenvalue weighted by Gasteiger charge is -2.04. The Balaban J connectivity index is 2.26. The number of carboxylic acid groups (broad SMARTS) is 1. The Labute approximate surface area is 93.6 Å². The van der Waals surface area contributed by atoms with Crippen molar-refractivity contribution in [3.8, 4) is 0 Å². The fourth-order valence-corrected chi connectivity index (χ4v) is 1.24. The van der Waals surface area contributed by atoms with Gasteiger partial charge in [-0.15, -0.1) is 0 Å². The highest BCUT2D eigenvalue weighted by molar-refractivity contribution is 5.86. The molecule has 0 aromatic heterocycles. The average Bonchev–Trinajstić information content (AvgIpc) is 2.24. The van der Waals surface area contributed by atoms with Crippen LogP contribution in [0.5, 0.6) is 0 Å². The van der Waals surface area contributed by atoms with Crippen molar-refractivity contribution in [2.24, 2.45) is 0 Å². The summed E-state index contributed by atoms with van der Waals surface area (Å²) in [6.07, 6.45) is 0.657. The molecule has 0 aliphatic carbocycles. The molecule has 0 spiro atoms. The zero-order valence-corrected chi connectivity index (χ0v) is 8.87. The van der Waals surface area contributed by atoms with Crippen LogP contribution in [0.15, 0.2) is 36.4 Å². The second-order valence-corrected chi connectivity index (χ2v) is 3.47. The Hall–Kier alpha value is -1.68. The first-order valence-electron chi connectivity index (χ1n) is 4.96. The number of hydrogen-bond acceptors (Lipinski definition) is 2. The summed E-state index contributed by atoms with van der Waals surface area (Å²) in [5.74, 6) is -1.26. The van der Waals surface area contributed by atoms with Crippen LogP contribution >= 0.6 is 0 Å². The SMILES string of the molecule is C=C(CNCCc1cccc(F)c1)C(=O)O. The number of hydrogen-bond donors (Lipinski definition) is 2. The Kier molecular flexibility index (Phi) is 4.66. The van der Waals surface area contributed by atoms with E-state index in [1.165, 1.54) is 12.1 Å². The van der Waals surface area contributed by atoms with Gasteiger partial charge in [0.1, 0.15) is 5.82 Å². The summed E-state index contributed by atoms with van der Waals surface area (Å²) in [4.78, 5) is 10.4. The van der Waals surface area contributed by atoms with Crippen molar-refractivity contribution in [3.05, 3.63) is 47.8 Å². The maximum absolute atomic E-state index is 12.8. The number of halogens is 1. The molecule has 0 bridgehead atoms. The molecule has 3 nitrogen and oxygen atoms in total. The van der Waals surface area contributed by atoms with Crippen LogP contribution in [0.25, 0.3) is 0 Å². The maximum Gasteiger partial charge on any atom is 0.332 e. The van der Waals surface area contributed by atoms with Gasteiger partial charge in [0.05, 0.1) is 0 Å². The molecule has 0 amide bonds. The molecule has 1 aromatic carbocycles. The molecule has 2 N–H and O–H groups in total. The summed E-state index contributed by atoms with van der Waals surface area (Å²) >= 11 is 0. The first kappa shape index (κ1) is 12.4. The van der Waals surface area contributed by atoms with E-state index in [9.17, 15) is 9.18 Å². The fraction of sp³-hybridized carbons (Fsp3) is 0.250. The second kappa shape index (κ2) is 6.02. The van der Waals surface area contributed by atoms with Gasteiger partial charge < -0.3 is 10.4 Å². The predicted molar refractivity (Wildman–Crippen MR) is 59.7 cm³/mol. The fourth-order valence-electron chi connectivity index (χ4n) is 1.24. The maximum atomic E-state index is 12.8. The molecule has 16 heavy (non-hydrogen) atoms. The van der Waals surface area contributed by atoms with Gasteiger partial charge in [-0.2, -0.15) is 0 Å². The summed E-state index contributed by atoms with van der Waals surface area (Å²) in [6, 6.07) is 6.34. The Morgan fingerprint density at radius 1 is 1.50 bits per heavy atom. The molecule has 1 rings (SSSR count). The molecule has 4 heteroatoms. The van der Waals surface area contributed by atoms with Gasteiger partial charge >= 0.3 is 5.97 Å². The number of carbonyl (C=O) groups is 1. The minimum atomic E-state index is -1.00. The molecule has 1 aromatic rings. The highest BCUT2D eigenvalue weighted by Crippen LogP contribution is 2.03. The molecule has 0 fully saturated rings. The lowest BCUT2D eigenvalue weighted by molar-refractivity contribution is -0.132. The Bertz CT molecular complexity index is 390. The van der Waals surface area contributed by atoms with Crippen LogP contribution in [0.4, 0.5) is 4.39 Å². The third-order valence-corrected chi connectivity index (χ3v) is 2.12. The van der Waals surface area contributed by atoms with Gasteiger partial charge in [0, 0.05) is 12.1 Å². The van der Waals surface area contributed by atoms with E-state index in [2.05, 4.69) is 11.9 Å². The van der Waals surface area contributed by atoms with Gasteiger partial charge in [-0.25, -0.2) is 9.18 Å². The van der Waals surface area contributed by atoms with E-state index in [4.69, 9.17) is 5.11 Å². The van der Waals surface area contributed by atoms with Crippen LogP contribution in [0.2, 0.25) is 0 Å². The highest BCUT2D eigenvalue weighted by atomic mass is 19.1. The summed E-state index contributed by atoms with van der Waals surface area (Å²) < 4.78 is 12.8. The third kappa shape index (κ3) is 4.23. The van der Waals surface area contributed by atoms with Crippen molar-refractivity contribution in [1.82, 2.24) is 5.32 Å². The van der Waals surface area contributed by atoms with Gasteiger partial charge in [0.2, 0.25) is 0 Å². The zero-order valence-electron chi connectivity index (χ0n) is 8.87. The molecule has 0 radical (unpaired) electrons. The zero-order chi connectivity index (χ0) is 12.0. The second-order valence-electron chi connectivity index (χ2n) is 3.47. The van der Waals surface area contributed by atoms with Crippen LogP contribution < -0.4 is 5.32 Å². The van der Waals surface area contributed by atoms with Crippen molar-refractivity contribution in [3.63, 3.8) is 0 Å². The van der Waals surface area contributed by atoms with E-state index in [1.807, 2.05) is 6.07 Å². The Morgan fingerprint density at radius 2 is 2.25 bits per heavy atom. The van der Waals surface area contributed by atoms with E-state index in [0.717, 1.165) is 5.56 Å². The number of nitrogens with one attached hydrogen (secondary N) is 1. The largest absolute Gasteiger partial charge is 0.478 e. The van der Waals surface area contributed by atoms with Crippen LogP contribution in [0.3, 0.4) is 0 Å². The monoisotopic (exact) mass is 223 g/mol. The summed E-state index contributed by atoms with van der Waals surface area (Å²) in [5.41, 5.74) is 1.01. The van der Waals surface area contributed by atoms with E-state index < -0.39 is 5.97 Å². The van der Waals surface area contributed by atoms with E-state index in [1.54, 1.807) is 6.07 Å². The summed E-state index contributed by atoms with van der Waals surface area (Å²) in [5, 5.41) is 11.5. The molecule has 0 atom stereocenters. The molecule has 0 saturated heterocycles. The average molecular weight is 223 g/mol. The minimum Gasteiger partial charge on any atom is -0.478 e. The van der Waals surface area contributed by atoms with Gasteiger partial charge in [0.15, 0.2) is 0 Å². The summed E-state index contributed by atoms with van der Waals surface area (Å²) in [7, 11) is 0. The van der Waals surface area contributed by atoms with Crippen molar-refractivity contribution in [2.75, 3.05) is 13.1 Å². The van der Waals surface area contributed by atoms with E-state index in [-0.39, 0.29) is 17.9 Å². The smallest absolute Gasteiger partial charge is 0.332 e. The van der Waals surface area contributed by atoms with Gasteiger partial charge in [-0.3, -0.25) is 0 Å². The van der Waals surface area contributed by atoms with Crippen LogP contribution in [-0.4, -0.2) is 24.2 Å². The predicted octanol–water partition coefficient (Wildman–Crippen LogP) is 1.60. The molecule has 0 saturated carbocycles. The number of rotatable bonds is 6. The minimum absolute atomic E-state index is 0.124. The Morgan fingerprint density at radius 3 is 2.88 bits per heavy atom.